The number of benzene rings is 1. The fourth-order valence-corrected chi connectivity index (χ4v) is 5.23. The van der Waals surface area contributed by atoms with Crippen LogP contribution in [0.15, 0.2) is 24.3 Å². The first-order chi connectivity index (χ1) is 18.0. The van der Waals surface area contributed by atoms with Gasteiger partial charge in [-0.2, -0.15) is 0 Å². The standard InChI is InChI=1S/C30H59N7/c1-5-35(6-2)24-15-30(31,16-25-36(7-3)8-4)29-13-11-28(12-14-29)27-37-23-10-19-33-21-20-32-17-9-18-34-22-26-37/h11-14,32-34H,5-10,15-27,31H2,1-4H3. The van der Waals surface area contributed by atoms with E-state index in [4.69, 9.17) is 5.73 Å². The van der Waals surface area contributed by atoms with E-state index in [9.17, 15) is 0 Å². The summed E-state index contributed by atoms with van der Waals surface area (Å²) in [6.45, 7) is 25.0. The summed E-state index contributed by atoms with van der Waals surface area (Å²) in [4.78, 5) is 7.59. The molecule has 1 aromatic carbocycles. The minimum Gasteiger partial charge on any atom is -0.321 e. The zero-order valence-corrected chi connectivity index (χ0v) is 24.7. The SMILES string of the molecule is CCN(CC)CCC(N)(CCN(CC)CC)c1ccc(CN2CCCNCCNCCCNCC2)cc1. The molecule has 1 aliphatic heterocycles. The maximum atomic E-state index is 7.21. The van der Waals surface area contributed by atoms with Gasteiger partial charge in [-0.15, -0.1) is 0 Å². The molecule has 214 valence electrons. The van der Waals surface area contributed by atoms with Crippen molar-refractivity contribution < 1.29 is 0 Å². The van der Waals surface area contributed by atoms with Crippen LogP contribution in [-0.4, -0.2) is 106 Å². The van der Waals surface area contributed by atoms with E-state index in [2.05, 4.69) is 82.6 Å². The van der Waals surface area contributed by atoms with Gasteiger partial charge in [0.15, 0.2) is 0 Å². The quantitative estimate of drug-likeness (QED) is 0.321. The molecule has 0 bridgehead atoms. The minimum atomic E-state index is -0.293. The number of hydrogen-bond donors (Lipinski definition) is 4. The Morgan fingerprint density at radius 3 is 1.76 bits per heavy atom. The van der Waals surface area contributed by atoms with E-state index >= 15 is 0 Å². The van der Waals surface area contributed by atoms with Gasteiger partial charge in [-0.05, 0) is 89.2 Å². The first kappa shape index (κ1) is 32.2. The van der Waals surface area contributed by atoms with E-state index in [1.807, 2.05) is 0 Å². The summed E-state index contributed by atoms with van der Waals surface area (Å²) in [5.41, 5.74) is 9.59. The second-order valence-corrected chi connectivity index (χ2v) is 10.6. The fourth-order valence-electron chi connectivity index (χ4n) is 5.23. The van der Waals surface area contributed by atoms with E-state index in [0.29, 0.717) is 0 Å². The van der Waals surface area contributed by atoms with Crippen LogP contribution in [0.2, 0.25) is 0 Å². The summed E-state index contributed by atoms with van der Waals surface area (Å²) in [6, 6.07) is 9.29. The molecule has 0 amide bonds. The molecule has 7 heteroatoms. The van der Waals surface area contributed by atoms with E-state index in [1.54, 1.807) is 0 Å². The molecular formula is C30H59N7. The molecule has 5 N–H and O–H groups in total. The van der Waals surface area contributed by atoms with Crippen LogP contribution in [0.5, 0.6) is 0 Å². The van der Waals surface area contributed by atoms with Crippen molar-refractivity contribution in [1.82, 2.24) is 30.7 Å². The van der Waals surface area contributed by atoms with Crippen LogP contribution >= 0.6 is 0 Å². The normalized spacial score (nSPS) is 17.8. The average molecular weight is 518 g/mol. The van der Waals surface area contributed by atoms with Gasteiger partial charge in [0.05, 0.1) is 0 Å². The molecule has 1 saturated heterocycles. The lowest BCUT2D eigenvalue weighted by molar-refractivity contribution is 0.219. The monoisotopic (exact) mass is 517 g/mol. The summed E-state index contributed by atoms with van der Waals surface area (Å²) in [5, 5.41) is 10.7. The second-order valence-electron chi connectivity index (χ2n) is 10.6. The summed E-state index contributed by atoms with van der Waals surface area (Å²) in [6.07, 6.45) is 4.36. The highest BCUT2D eigenvalue weighted by molar-refractivity contribution is 5.28. The molecule has 37 heavy (non-hydrogen) atoms. The van der Waals surface area contributed by atoms with Gasteiger partial charge in [-0.3, -0.25) is 4.90 Å². The van der Waals surface area contributed by atoms with Gasteiger partial charge in [0.25, 0.3) is 0 Å². The Bertz CT molecular complexity index is 643. The third kappa shape index (κ3) is 12.6. The van der Waals surface area contributed by atoms with Crippen molar-refractivity contribution in [3.05, 3.63) is 35.4 Å². The smallest absolute Gasteiger partial charge is 0.0434 e. The van der Waals surface area contributed by atoms with E-state index in [1.165, 1.54) is 24.0 Å². The number of nitrogens with two attached hydrogens (primary N) is 1. The van der Waals surface area contributed by atoms with Crippen molar-refractivity contribution >= 4 is 0 Å². The molecule has 7 nitrogen and oxygen atoms in total. The fraction of sp³-hybridized carbons (Fsp3) is 0.800. The lowest BCUT2D eigenvalue weighted by Gasteiger charge is -2.34. The van der Waals surface area contributed by atoms with Crippen molar-refractivity contribution in [2.75, 3.05) is 91.6 Å². The summed E-state index contributed by atoms with van der Waals surface area (Å²) >= 11 is 0. The molecule has 1 aliphatic rings. The van der Waals surface area contributed by atoms with E-state index in [0.717, 1.165) is 111 Å². The average Bonchev–Trinajstić information content (AvgIpc) is 2.92. The van der Waals surface area contributed by atoms with E-state index in [-0.39, 0.29) is 5.54 Å². The summed E-state index contributed by atoms with van der Waals surface area (Å²) < 4.78 is 0. The lowest BCUT2D eigenvalue weighted by atomic mass is 9.83. The molecule has 2 rings (SSSR count). The predicted molar refractivity (Wildman–Crippen MR) is 160 cm³/mol. The van der Waals surface area contributed by atoms with Gasteiger partial charge in [-0.25, -0.2) is 0 Å². The van der Waals surface area contributed by atoms with Gasteiger partial charge in [0, 0.05) is 51.4 Å². The maximum Gasteiger partial charge on any atom is 0.0434 e. The molecular weight excluding hydrogens is 458 g/mol. The van der Waals surface area contributed by atoms with Crippen LogP contribution in [0.1, 0.15) is 64.5 Å². The number of rotatable bonds is 13. The molecule has 1 aromatic rings. The molecule has 1 heterocycles. The van der Waals surface area contributed by atoms with Crippen LogP contribution in [-0.2, 0) is 12.1 Å². The molecule has 0 aromatic heterocycles. The van der Waals surface area contributed by atoms with Gasteiger partial charge in [0.1, 0.15) is 0 Å². The van der Waals surface area contributed by atoms with Crippen LogP contribution in [0.4, 0.5) is 0 Å². The lowest BCUT2D eigenvalue weighted by Crippen LogP contribution is -2.43. The largest absolute Gasteiger partial charge is 0.321 e. The molecule has 0 spiro atoms. The first-order valence-corrected chi connectivity index (χ1v) is 15.2. The third-order valence-corrected chi connectivity index (χ3v) is 8.09. The van der Waals surface area contributed by atoms with Gasteiger partial charge in [-0.1, -0.05) is 52.0 Å². The zero-order valence-electron chi connectivity index (χ0n) is 24.7. The summed E-state index contributed by atoms with van der Waals surface area (Å²) in [7, 11) is 0. The number of nitrogens with zero attached hydrogens (tertiary/aromatic N) is 3. The summed E-state index contributed by atoms with van der Waals surface area (Å²) in [5.74, 6) is 0. The van der Waals surface area contributed by atoms with Crippen LogP contribution in [0, 0.1) is 0 Å². The molecule has 0 unspecified atom stereocenters. The van der Waals surface area contributed by atoms with Gasteiger partial charge < -0.3 is 31.5 Å². The molecule has 1 fully saturated rings. The highest BCUT2D eigenvalue weighted by Gasteiger charge is 2.28. The van der Waals surface area contributed by atoms with E-state index < -0.39 is 0 Å². The maximum absolute atomic E-state index is 7.21. The number of hydrogen-bond acceptors (Lipinski definition) is 7. The Balaban J connectivity index is 2.04. The highest BCUT2D eigenvalue weighted by atomic mass is 15.1. The number of nitrogens with one attached hydrogen (secondary N) is 3. The van der Waals surface area contributed by atoms with Crippen molar-refractivity contribution in [3.8, 4) is 0 Å². The predicted octanol–water partition coefficient (Wildman–Crippen LogP) is 2.67. The Hall–Kier alpha value is -1.06. The van der Waals surface area contributed by atoms with Crippen molar-refractivity contribution in [2.45, 2.75) is 65.5 Å². The van der Waals surface area contributed by atoms with Gasteiger partial charge in [0.2, 0.25) is 0 Å². The Kier molecular flexibility index (Phi) is 16.6. The minimum absolute atomic E-state index is 0.293. The molecule has 0 aliphatic carbocycles. The Labute approximate surface area is 228 Å². The second kappa shape index (κ2) is 19.1. The van der Waals surface area contributed by atoms with Crippen LogP contribution in [0.3, 0.4) is 0 Å². The third-order valence-electron chi connectivity index (χ3n) is 8.09. The van der Waals surface area contributed by atoms with Crippen LogP contribution in [0.25, 0.3) is 0 Å². The van der Waals surface area contributed by atoms with Crippen molar-refractivity contribution in [3.63, 3.8) is 0 Å². The van der Waals surface area contributed by atoms with Crippen molar-refractivity contribution in [2.24, 2.45) is 5.73 Å². The Morgan fingerprint density at radius 2 is 1.22 bits per heavy atom. The molecule has 0 radical (unpaired) electrons. The molecule has 0 atom stereocenters. The van der Waals surface area contributed by atoms with Crippen LogP contribution < -0.4 is 21.7 Å². The molecule has 0 saturated carbocycles. The van der Waals surface area contributed by atoms with Crippen molar-refractivity contribution in [1.29, 1.82) is 0 Å². The Morgan fingerprint density at radius 1 is 0.703 bits per heavy atom. The zero-order chi connectivity index (χ0) is 26.8. The topological polar surface area (TPSA) is 71.8 Å². The van der Waals surface area contributed by atoms with Gasteiger partial charge >= 0.3 is 0 Å². The first-order valence-electron chi connectivity index (χ1n) is 15.2. The highest BCUT2D eigenvalue weighted by Crippen LogP contribution is 2.28.